The van der Waals surface area contributed by atoms with Crippen molar-refractivity contribution in [3.8, 4) is 11.5 Å². The summed E-state index contributed by atoms with van der Waals surface area (Å²) in [4.78, 5) is 34.9. The van der Waals surface area contributed by atoms with Crippen LogP contribution in [0.5, 0.6) is 11.5 Å². The van der Waals surface area contributed by atoms with Crippen LogP contribution in [0, 0.1) is 0 Å². The van der Waals surface area contributed by atoms with Crippen molar-refractivity contribution in [2.75, 3.05) is 7.11 Å². The monoisotopic (exact) mass is 599 g/mol. The summed E-state index contributed by atoms with van der Waals surface area (Å²) in [5, 5.41) is 7.82. The lowest BCUT2D eigenvalue weighted by Gasteiger charge is -2.37. The number of ether oxygens (including phenoxy) is 2. The van der Waals surface area contributed by atoms with Crippen molar-refractivity contribution in [1.82, 2.24) is 9.55 Å². The molecular weight excluding hydrogens is 567 g/mol. The Kier molecular flexibility index (Phi) is 8.97. The average molecular weight is 601 g/mol. The van der Waals surface area contributed by atoms with Crippen LogP contribution in [0.3, 0.4) is 0 Å². The zero-order valence-corrected chi connectivity index (χ0v) is 25.0. The van der Waals surface area contributed by atoms with Crippen LogP contribution in [0.4, 0.5) is 0 Å². The summed E-state index contributed by atoms with van der Waals surface area (Å²) in [7, 11) is -0.783. The number of nitrogens with zero attached hydrogens (tertiary/aromatic N) is 5. The van der Waals surface area contributed by atoms with Gasteiger partial charge in [0, 0.05) is 36.1 Å². The number of halogens is 2. The van der Waals surface area contributed by atoms with Crippen LogP contribution in [-0.2, 0) is 16.1 Å². The summed E-state index contributed by atoms with van der Waals surface area (Å²) in [5.41, 5.74) is 7.63. The Morgan fingerprint density at radius 1 is 1.38 bits per heavy atom. The summed E-state index contributed by atoms with van der Waals surface area (Å²) in [6, 6.07) is 1.59. The molecule has 0 bridgehead atoms. The Bertz CT molecular complexity index is 1440. The van der Waals surface area contributed by atoms with Crippen LogP contribution in [0.2, 0.25) is 28.2 Å². The molecule has 1 unspecified atom stereocenters. The largest absolute Gasteiger partial charge is 0.540 e. The topological polar surface area (TPSA) is 153 Å². The minimum absolute atomic E-state index is 0.0883. The fraction of sp³-hybridized carbons (Fsp3) is 0.542. The molecular formula is C24H32Cl2N6O6Si. The Balaban J connectivity index is 1.85. The summed E-state index contributed by atoms with van der Waals surface area (Å²) < 4.78 is 26.8. The average Bonchev–Trinajstić information content (AvgIpc) is 3.29. The van der Waals surface area contributed by atoms with Crippen molar-refractivity contribution in [2.45, 2.75) is 77.2 Å². The van der Waals surface area contributed by atoms with E-state index in [0.29, 0.717) is 17.1 Å². The molecule has 2 heterocycles. The fourth-order valence-corrected chi connectivity index (χ4v) is 5.13. The first-order valence-electron chi connectivity index (χ1n) is 12.7. The van der Waals surface area contributed by atoms with Crippen LogP contribution in [0.15, 0.2) is 32.1 Å². The fourth-order valence-electron chi connectivity index (χ4n) is 3.48. The number of aromatic nitrogens is 2. The minimum atomic E-state index is -2.29. The summed E-state index contributed by atoms with van der Waals surface area (Å²) in [6.07, 6.45) is 0.507. The molecule has 1 aliphatic rings. The summed E-state index contributed by atoms with van der Waals surface area (Å²) in [6.45, 7) is 10.1. The highest BCUT2D eigenvalue weighted by Gasteiger charge is 2.40. The van der Waals surface area contributed by atoms with Crippen LogP contribution in [0.1, 0.15) is 52.8 Å². The molecule has 0 aliphatic carbocycles. The Labute approximate surface area is 238 Å². The maximum absolute atomic E-state index is 12.4. The van der Waals surface area contributed by atoms with Gasteiger partial charge in [-0.1, -0.05) is 54.2 Å². The molecule has 212 valence electrons. The van der Waals surface area contributed by atoms with E-state index in [0.717, 1.165) is 0 Å². The molecule has 1 aliphatic heterocycles. The molecule has 1 saturated heterocycles. The van der Waals surface area contributed by atoms with E-state index in [4.69, 9.17) is 48.8 Å². The second-order valence-electron chi connectivity index (χ2n) is 10.4. The van der Waals surface area contributed by atoms with E-state index in [1.54, 1.807) is 6.07 Å². The molecule has 1 aromatic carbocycles. The lowest BCUT2D eigenvalue weighted by Crippen LogP contribution is -2.44. The van der Waals surface area contributed by atoms with Crippen molar-refractivity contribution in [3.05, 3.63) is 64.7 Å². The highest BCUT2D eigenvalue weighted by Crippen LogP contribution is 2.46. The van der Waals surface area contributed by atoms with Gasteiger partial charge in [0.15, 0.2) is 17.6 Å². The Morgan fingerprint density at radius 3 is 2.72 bits per heavy atom. The first-order chi connectivity index (χ1) is 18.7. The summed E-state index contributed by atoms with van der Waals surface area (Å²) in [5.74, 6) is 0.759. The van der Waals surface area contributed by atoms with Crippen molar-refractivity contribution in [1.29, 1.82) is 0 Å². The van der Waals surface area contributed by atoms with Gasteiger partial charge in [-0.15, -0.1) is 0 Å². The molecule has 3 rings (SSSR count). The number of hydrogen-bond donors (Lipinski definition) is 1. The molecule has 0 saturated carbocycles. The molecule has 0 amide bonds. The highest BCUT2D eigenvalue weighted by atomic mass is 35.5. The van der Waals surface area contributed by atoms with Crippen LogP contribution in [-0.4, -0.2) is 43.4 Å². The van der Waals surface area contributed by atoms with Crippen LogP contribution in [0.25, 0.3) is 10.4 Å². The molecule has 1 fully saturated rings. The van der Waals surface area contributed by atoms with Gasteiger partial charge in [-0.25, -0.2) is 4.79 Å². The van der Waals surface area contributed by atoms with E-state index in [-0.39, 0.29) is 40.5 Å². The Hall–Kier alpha value is -2.96. The number of benzene rings is 1. The number of H-pyrrole nitrogens is 1. The molecule has 1 aromatic heterocycles. The predicted octanol–water partition coefficient (Wildman–Crippen LogP) is 5.77. The molecule has 0 spiro atoms. The van der Waals surface area contributed by atoms with Crippen LogP contribution >= 0.6 is 23.2 Å². The Morgan fingerprint density at radius 2 is 2.10 bits per heavy atom. The summed E-state index contributed by atoms with van der Waals surface area (Å²) >= 11 is 13.2. The molecule has 0 radical (unpaired) electrons. The smallest absolute Gasteiger partial charge is 0.330 e. The number of nitrogens with one attached hydrogen (secondary N) is 1. The van der Waals surface area contributed by atoms with E-state index in [2.05, 4.69) is 54.0 Å². The third kappa shape index (κ3) is 6.79. The number of aromatic amines is 1. The van der Waals surface area contributed by atoms with E-state index in [9.17, 15) is 9.59 Å². The van der Waals surface area contributed by atoms with Crippen molar-refractivity contribution >= 4 is 37.7 Å². The first kappa shape index (κ1) is 29.0. The molecule has 3 atom stereocenters. The van der Waals surface area contributed by atoms with Gasteiger partial charge in [0.2, 0.25) is 0 Å². The zero-order valence-electron chi connectivity index (χ0n) is 23.5. The zero-order chi connectivity index (χ0) is 29.8. The van der Waals surface area contributed by atoms with E-state index in [1.807, 2.05) is 0 Å². The number of oxime groups is 1. The quantitative estimate of drug-likeness (QED) is 0.0963. The maximum Gasteiger partial charge on any atom is 0.330 e. The SMILES string of the molecule is [2H]C[C@H]1O[C@@H](n2cc(CN=[N+]=[N-])c(=O)[nH]c2=O)CC1O/N=C/c1c(Cl)cc(OC)c(O[Si](C)(C)C(C)(C)C)c1Cl. The molecule has 1 N–H and O–H groups in total. The second kappa shape index (κ2) is 12.1. The molecule has 15 heteroatoms. The first-order valence-corrected chi connectivity index (χ1v) is 15.6. The molecule has 2 aromatic rings. The van der Waals surface area contributed by atoms with E-state index in [1.165, 1.54) is 24.1 Å². The standard InChI is InChI=1S/C24H32Cl2N6O6Si/c1-13-17(9-19(36-13)32-12-14(10-28-31-27)22(33)30-23(32)34)37-29-11-15-16(25)8-18(35-5)21(20(15)26)38-39(6,7)24(2,3)4/h8,11-13,17,19H,9-10H2,1-7H3,(H,30,33,34)/b29-11+/t13-,17?,19-/m1/s1/i1D. The third-order valence-corrected chi connectivity index (χ3v) is 11.8. The third-order valence-electron chi connectivity index (χ3n) is 6.77. The lowest BCUT2D eigenvalue weighted by molar-refractivity contribution is -0.0282. The minimum Gasteiger partial charge on any atom is -0.540 e. The van der Waals surface area contributed by atoms with Gasteiger partial charge in [-0.2, -0.15) is 0 Å². The second-order valence-corrected chi connectivity index (χ2v) is 15.9. The number of hydrogen-bond acceptors (Lipinski definition) is 8. The number of rotatable bonds is 9. The van der Waals surface area contributed by atoms with Gasteiger partial charge in [0.1, 0.15) is 6.23 Å². The molecule has 39 heavy (non-hydrogen) atoms. The van der Waals surface area contributed by atoms with Gasteiger partial charge in [-0.05, 0) is 30.6 Å². The van der Waals surface area contributed by atoms with Crippen molar-refractivity contribution < 1.29 is 20.1 Å². The van der Waals surface area contributed by atoms with Gasteiger partial charge in [0.05, 0.1) is 36.0 Å². The lowest BCUT2D eigenvalue weighted by atomic mass is 10.2. The van der Waals surface area contributed by atoms with E-state index < -0.39 is 38.0 Å². The number of azide groups is 1. The maximum atomic E-state index is 12.4. The highest BCUT2D eigenvalue weighted by molar-refractivity contribution is 6.74. The van der Waals surface area contributed by atoms with Gasteiger partial charge in [0.25, 0.3) is 13.9 Å². The van der Waals surface area contributed by atoms with E-state index >= 15 is 0 Å². The van der Waals surface area contributed by atoms with Gasteiger partial charge >= 0.3 is 5.69 Å². The molecule has 12 nitrogen and oxygen atoms in total. The number of methoxy groups -OCH3 is 1. The van der Waals surface area contributed by atoms with Gasteiger partial charge < -0.3 is 18.7 Å². The van der Waals surface area contributed by atoms with Gasteiger partial charge in [-0.3, -0.25) is 14.3 Å². The van der Waals surface area contributed by atoms with Crippen LogP contribution < -0.4 is 20.4 Å². The predicted molar refractivity (Wildman–Crippen MR) is 152 cm³/mol. The van der Waals surface area contributed by atoms with Crippen molar-refractivity contribution in [2.24, 2.45) is 10.3 Å². The van der Waals surface area contributed by atoms with Crippen molar-refractivity contribution in [3.63, 3.8) is 0 Å². The normalized spacial score (nSPS) is 20.0.